The lowest BCUT2D eigenvalue weighted by molar-refractivity contribution is -0.142. The molecule has 0 aliphatic carbocycles. The zero-order chi connectivity index (χ0) is 21.0. The maximum Gasteiger partial charge on any atom is 0.342 e. The molecule has 0 spiro atoms. The summed E-state index contributed by atoms with van der Waals surface area (Å²) in [6.45, 7) is 1.10. The number of nitrogens with two attached hydrogens (primary N) is 1. The predicted molar refractivity (Wildman–Crippen MR) is 103 cm³/mol. The van der Waals surface area contributed by atoms with E-state index >= 15 is 0 Å². The van der Waals surface area contributed by atoms with Crippen LogP contribution >= 0.6 is 0 Å². The molecule has 1 atom stereocenters. The van der Waals surface area contributed by atoms with Crippen molar-refractivity contribution in [3.05, 3.63) is 65.5 Å². The molecule has 0 radical (unpaired) electrons. The molecule has 0 saturated carbocycles. The van der Waals surface area contributed by atoms with Gasteiger partial charge in [0.05, 0.1) is 10.5 Å². The third kappa shape index (κ3) is 4.99. The summed E-state index contributed by atoms with van der Waals surface area (Å²) in [5.41, 5.74) is -0.164. The lowest BCUT2D eigenvalue weighted by Crippen LogP contribution is -2.40. The van der Waals surface area contributed by atoms with Crippen LogP contribution in [0.15, 0.2) is 53.4 Å². The summed E-state index contributed by atoms with van der Waals surface area (Å²) in [5.74, 6) is -2.51. The summed E-state index contributed by atoms with van der Waals surface area (Å²) in [5, 5.41) is 5.05. The number of carbonyl (C=O) groups excluding carboxylic acids is 2. The Kier molecular flexibility index (Phi) is 6.29. The van der Waals surface area contributed by atoms with E-state index in [9.17, 15) is 22.4 Å². The van der Waals surface area contributed by atoms with Gasteiger partial charge in [0.1, 0.15) is 5.82 Å². The van der Waals surface area contributed by atoms with Gasteiger partial charge < -0.3 is 9.64 Å². The van der Waals surface area contributed by atoms with Gasteiger partial charge in [0.2, 0.25) is 16.1 Å². The highest BCUT2D eigenvalue weighted by Gasteiger charge is 2.31. The first kappa shape index (κ1) is 20.9. The average molecular weight is 420 g/mol. The van der Waals surface area contributed by atoms with Gasteiger partial charge in [-0.1, -0.05) is 30.3 Å². The van der Waals surface area contributed by atoms with Gasteiger partial charge in [-0.05, 0) is 37.5 Å². The van der Waals surface area contributed by atoms with Gasteiger partial charge in [0, 0.05) is 18.7 Å². The fourth-order valence-corrected chi connectivity index (χ4v) is 3.72. The maximum absolute atomic E-state index is 14.2. The quantitative estimate of drug-likeness (QED) is 0.748. The van der Waals surface area contributed by atoms with Gasteiger partial charge in [-0.2, -0.15) is 0 Å². The zero-order valence-corrected chi connectivity index (χ0v) is 16.4. The van der Waals surface area contributed by atoms with Crippen LogP contribution in [0.1, 0.15) is 41.3 Å². The molecule has 0 aromatic heterocycles. The van der Waals surface area contributed by atoms with Crippen molar-refractivity contribution >= 4 is 21.9 Å². The van der Waals surface area contributed by atoms with Gasteiger partial charge >= 0.3 is 5.97 Å². The second kappa shape index (κ2) is 8.71. The fourth-order valence-electron chi connectivity index (χ4n) is 3.18. The molecule has 1 aliphatic heterocycles. The minimum Gasteiger partial charge on any atom is -0.444 e. The van der Waals surface area contributed by atoms with Gasteiger partial charge in [0.15, 0.2) is 0 Å². The number of sulfonamides is 1. The first-order valence-electron chi connectivity index (χ1n) is 9.14. The minimum absolute atomic E-state index is 0.396. The zero-order valence-electron chi connectivity index (χ0n) is 15.6. The number of esters is 1. The first-order valence-corrected chi connectivity index (χ1v) is 10.7. The van der Waals surface area contributed by atoms with Crippen molar-refractivity contribution in [1.29, 1.82) is 0 Å². The van der Waals surface area contributed by atoms with E-state index in [0.717, 1.165) is 37.5 Å². The summed E-state index contributed by atoms with van der Waals surface area (Å²) >= 11 is 0. The van der Waals surface area contributed by atoms with Crippen molar-refractivity contribution in [3.63, 3.8) is 0 Å². The molecule has 154 valence electrons. The van der Waals surface area contributed by atoms with Crippen LogP contribution in [-0.2, 0) is 19.6 Å². The van der Waals surface area contributed by atoms with Crippen molar-refractivity contribution in [3.8, 4) is 0 Å². The lowest BCUT2D eigenvalue weighted by atomic mass is 10.1. The number of piperidine rings is 1. The molecule has 1 aliphatic rings. The van der Waals surface area contributed by atoms with Crippen molar-refractivity contribution < 1.29 is 27.1 Å². The highest BCUT2D eigenvalue weighted by Crippen LogP contribution is 2.25. The molecule has 0 unspecified atom stereocenters. The van der Waals surface area contributed by atoms with Gasteiger partial charge in [0.25, 0.3) is 5.91 Å². The molecule has 1 amide bonds. The number of ether oxygens (including phenoxy) is 1. The van der Waals surface area contributed by atoms with Crippen LogP contribution in [0, 0.1) is 5.82 Å². The molecular weight excluding hydrogens is 399 g/mol. The van der Waals surface area contributed by atoms with Crippen molar-refractivity contribution in [1.82, 2.24) is 4.90 Å². The molecular formula is C20H21FN2O5S. The predicted octanol–water partition coefficient (Wildman–Crippen LogP) is 2.38. The van der Waals surface area contributed by atoms with Crippen LogP contribution in [0.3, 0.4) is 0 Å². The second-order valence-corrected chi connectivity index (χ2v) is 8.33. The van der Waals surface area contributed by atoms with Crippen LogP contribution < -0.4 is 5.14 Å². The maximum atomic E-state index is 14.2. The second-order valence-electron chi connectivity index (χ2n) is 6.77. The SMILES string of the molecule is NS(=O)(=O)c1ccc(F)c(C(=O)O[C@@H](C(=O)N2CCCCC2)c2ccccc2)c1. The Bertz CT molecular complexity index is 1000. The molecule has 1 fully saturated rings. The number of hydrogen-bond donors (Lipinski definition) is 1. The van der Waals surface area contributed by atoms with Crippen LogP contribution in [0.4, 0.5) is 4.39 Å². The molecule has 9 heteroatoms. The van der Waals surface area contributed by atoms with Gasteiger partial charge in [-0.15, -0.1) is 0 Å². The molecule has 2 N–H and O–H groups in total. The van der Waals surface area contributed by atoms with Gasteiger partial charge in [-0.3, -0.25) is 4.79 Å². The van der Waals surface area contributed by atoms with E-state index in [-0.39, 0.29) is 0 Å². The van der Waals surface area contributed by atoms with Gasteiger partial charge in [-0.25, -0.2) is 22.7 Å². The number of likely N-dealkylation sites (tertiary alicyclic amines) is 1. The van der Waals surface area contributed by atoms with Crippen molar-refractivity contribution in [2.45, 2.75) is 30.3 Å². The average Bonchev–Trinajstić information content (AvgIpc) is 2.72. The number of primary sulfonamides is 1. The summed E-state index contributed by atoms with van der Waals surface area (Å²) in [4.78, 5) is 26.9. The van der Waals surface area contributed by atoms with E-state index in [1.165, 1.54) is 0 Å². The van der Waals surface area contributed by atoms with E-state index in [1.54, 1.807) is 35.2 Å². The Morgan fingerprint density at radius 2 is 1.69 bits per heavy atom. The Hall–Kier alpha value is -2.78. The highest BCUT2D eigenvalue weighted by molar-refractivity contribution is 7.89. The van der Waals surface area contributed by atoms with Crippen molar-refractivity contribution in [2.75, 3.05) is 13.1 Å². The summed E-state index contributed by atoms with van der Waals surface area (Å²) < 4.78 is 42.6. The standard InChI is InChI=1S/C20H21FN2O5S/c21-17-10-9-15(29(22,26)27)13-16(17)20(25)28-18(14-7-3-1-4-8-14)19(24)23-11-5-2-6-12-23/h1,3-4,7-10,13,18H,2,5-6,11-12H2,(H2,22,26,27)/t18-/m1/s1. The van der Waals surface area contributed by atoms with Crippen LogP contribution in [-0.4, -0.2) is 38.3 Å². The molecule has 29 heavy (non-hydrogen) atoms. The molecule has 0 bridgehead atoms. The number of amides is 1. The molecule has 2 aromatic carbocycles. The minimum atomic E-state index is -4.14. The normalized spacial score (nSPS) is 15.6. The topological polar surface area (TPSA) is 107 Å². The van der Waals surface area contributed by atoms with E-state index in [4.69, 9.17) is 9.88 Å². The number of halogens is 1. The van der Waals surface area contributed by atoms with Crippen LogP contribution in [0.25, 0.3) is 0 Å². The number of benzene rings is 2. The summed E-state index contributed by atoms with van der Waals surface area (Å²) in [7, 11) is -4.14. The molecule has 2 aromatic rings. The Morgan fingerprint density at radius 3 is 2.31 bits per heavy atom. The van der Waals surface area contributed by atoms with E-state index < -0.39 is 44.3 Å². The Morgan fingerprint density at radius 1 is 1.03 bits per heavy atom. The number of rotatable bonds is 5. The summed E-state index contributed by atoms with van der Waals surface area (Å²) in [6, 6.07) is 11.0. The number of nitrogens with zero attached hydrogens (tertiary/aromatic N) is 1. The van der Waals surface area contributed by atoms with E-state index in [1.807, 2.05) is 0 Å². The Labute approximate surface area is 168 Å². The Balaban J connectivity index is 1.92. The largest absolute Gasteiger partial charge is 0.444 e. The summed E-state index contributed by atoms with van der Waals surface area (Å²) in [6.07, 6.45) is 1.46. The van der Waals surface area contributed by atoms with Crippen LogP contribution in [0.5, 0.6) is 0 Å². The third-order valence-corrected chi connectivity index (χ3v) is 5.62. The van der Waals surface area contributed by atoms with Crippen molar-refractivity contribution in [2.24, 2.45) is 5.14 Å². The first-order chi connectivity index (χ1) is 13.8. The van der Waals surface area contributed by atoms with Crippen LogP contribution in [0.2, 0.25) is 0 Å². The molecule has 1 heterocycles. The molecule has 3 rings (SSSR count). The number of hydrogen-bond acceptors (Lipinski definition) is 5. The number of carbonyl (C=O) groups is 2. The molecule has 1 saturated heterocycles. The lowest BCUT2D eigenvalue weighted by Gasteiger charge is -2.30. The van der Waals surface area contributed by atoms with E-state index in [2.05, 4.69) is 0 Å². The third-order valence-electron chi connectivity index (χ3n) is 4.71. The fraction of sp³-hybridized carbons (Fsp3) is 0.300. The monoisotopic (exact) mass is 420 g/mol. The van der Waals surface area contributed by atoms with E-state index in [0.29, 0.717) is 18.7 Å². The highest BCUT2D eigenvalue weighted by atomic mass is 32.2. The molecule has 7 nitrogen and oxygen atoms in total. The smallest absolute Gasteiger partial charge is 0.342 e.